The van der Waals surface area contributed by atoms with Gasteiger partial charge in [0.1, 0.15) is 11.5 Å². The lowest BCUT2D eigenvalue weighted by molar-refractivity contribution is -0.123. The van der Waals surface area contributed by atoms with Crippen molar-refractivity contribution in [3.8, 4) is 11.5 Å². The number of rotatable bonds is 5. The van der Waals surface area contributed by atoms with Crippen LogP contribution in [0.1, 0.15) is 23.5 Å². The fourth-order valence-electron chi connectivity index (χ4n) is 5.61. The number of ether oxygens (including phenoxy) is 1. The summed E-state index contributed by atoms with van der Waals surface area (Å²) in [7, 11) is 1.54. The number of hydrogen-bond acceptors (Lipinski definition) is 4. The Morgan fingerprint density at radius 1 is 1.09 bits per heavy atom. The van der Waals surface area contributed by atoms with Crippen LogP contribution in [0.4, 0.5) is 5.69 Å². The zero-order valence-electron chi connectivity index (χ0n) is 19.1. The summed E-state index contributed by atoms with van der Waals surface area (Å²) in [6.07, 6.45) is 4.00. The molecular weight excluding hydrogens is 462 g/mol. The molecule has 176 valence electrons. The number of halogens is 1. The van der Waals surface area contributed by atoms with Crippen LogP contribution in [0.15, 0.2) is 97.1 Å². The summed E-state index contributed by atoms with van der Waals surface area (Å²) in [6.45, 7) is 4.00. The van der Waals surface area contributed by atoms with Crippen LogP contribution < -0.4 is 9.64 Å². The fourth-order valence-corrected chi connectivity index (χ4v) is 5.80. The Labute approximate surface area is 208 Å². The van der Waals surface area contributed by atoms with E-state index in [-0.39, 0.29) is 17.6 Å². The average molecular weight is 486 g/mol. The van der Waals surface area contributed by atoms with Crippen molar-refractivity contribution in [3.05, 3.63) is 113 Å². The lowest BCUT2D eigenvalue weighted by Crippen LogP contribution is -2.48. The van der Waals surface area contributed by atoms with Crippen LogP contribution in [-0.2, 0) is 15.0 Å². The number of aromatic hydroxyl groups is 1. The van der Waals surface area contributed by atoms with Crippen LogP contribution in [0.3, 0.4) is 0 Å². The van der Waals surface area contributed by atoms with Gasteiger partial charge in [0.05, 0.1) is 24.1 Å². The van der Waals surface area contributed by atoms with E-state index in [0.29, 0.717) is 34.0 Å². The second-order valence-electron chi connectivity index (χ2n) is 8.75. The van der Waals surface area contributed by atoms with E-state index in [1.54, 1.807) is 55.7 Å². The largest absolute Gasteiger partial charge is 0.508 e. The molecule has 6 heteroatoms. The number of carbonyl (C=O) groups is 2. The minimum absolute atomic E-state index is 0.0148. The lowest BCUT2D eigenvalue weighted by Gasteiger charge is -2.43. The number of nitrogens with zero attached hydrogens (tertiary/aromatic N) is 1. The summed E-state index contributed by atoms with van der Waals surface area (Å²) >= 11 is 6.23. The first-order valence-corrected chi connectivity index (χ1v) is 11.7. The van der Waals surface area contributed by atoms with Gasteiger partial charge < -0.3 is 9.84 Å². The molecule has 1 N–H and O–H groups in total. The SMILES string of the molecule is C=CC1=CCC2C(=O)N(c3cccc(Cl)c3)C(=O)C2(c2ccccc2)C1c1cc(OC)ccc1O. The van der Waals surface area contributed by atoms with E-state index >= 15 is 0 Å². The molecule has 3 atom stereocenters. The van der Waals surface area contributed by atoms with Gasteiger partial charge in [-0.15, -0.1) is 0 Å². The van der Waals surface area contributed by atoms with Gasteiger partial charge in [-0.05, 0) is 54.0 Å². The molecule has 3 unspecified atom stereocenters. The number of allylic oxidation sites excluding steroid dienone is 3. The Morgan fingerprint density at radius 3 is 2.54 bits per heavy atom. The van der Waals surface area contributed by atoms with Crippen molar-refractivity contribution < 1.29 is 19.4 Å². The summed E-state index contributed by atoms with van der Waals surface area (Å²) in [6, 6.07) is 21.0. The molecule has 2 amide bonds. The van der Waals surface area contributed by atoms with Gasteiger partial charge >= 0.3 is 0 Å². The first-order chi connectivity index (χ1) is 16.9. The van der Waals surface area contributed by atoms with E-state index in [0.717, 1.165) is 5.57 Å². The first kappa shape index (κ1) is 22.9. The van der Waals surface area contributed by atoms with Gasteiger partial charge in [0, 0.05) is 16.5 Å². The molecule has 0 radical (unpaired) electrons. The summed E-state index contributed by atoms with van der Waals surface area (Å²) in [5, 5.41) is 11.4. The minimum Gasteiger partial charge on any atom is -0.508 e. The molecular formula is C29H24ClNO4. The molecule has 1 heterocycles. The maximum absolute atomic E-state index is 14.6. The van der Waals surface area contributed by atoms with Crippen molar-refractivity contribution in [2.75, 3.05) is 12.0 Å². The third kappa shape index (κ3) is 3.38. The number of amides is 2. The van der Waals surface area contributed by atoms with Gasteiger partial charge in [0.25, 0.3) is 0 Å². The maximum Gasteiger partial charge on any atom is 0.246 e. The highest BCUT2D eigenvalue weighted by atomic mass is 35.5. The number of phenolic OH excluding ortho intramolecular Hbond substituents is 1. The van der Waals surface area contributed by atoms with Crippen molar-refractivity contribution >= 4 is 29.1 Å². The van der Waals surface area contributed by atoms with Gasteiger partial charge in [-0.1, -0.05) is 66.7 Å². The van der Waals surface area contributed by atoms with Crippen LogP contribution in [0.5, 0.6) is 11.5 Å². The van der Waals surface area contributed by atoms with E-state index in [1.165, 1.54) is 4.90 Å². The number of carbonyl (C=O) groups excluding carboxylic acids is 2. The molecule has 1 aliphatic carbocycles. The van der Waals surface area contributed by atoms with Crippen LogP contribution in [0, 0.1) is 5.92 Å². The van der Waals surface area contributed by atoms with Crippen molar-refractivity contribution in [2.45, 2.75) is 17.8 Å². The Morgan fingerprint density at radius 2 is 1.86 bits per heavy atom. The van der Waals surface area contributed by atoms with Crippen LogP contribution >= 0.6 is 11.6 Å². The molecule has 1 saturated heterocycles. The van der Waals surface area contributed by atoms with Crippen LogP contribution in [0.25, 0.3) is 0 Å². The number of hydrogen-bond donors (Lipinski definition) is 1. The number of methoxy groups -OCH3 is 1. The van der Waals surface area contributed by atoms with Crippen LogP contribution in [-0.4, -0.2) is 24.0 Å². The zero-order valence-corrected chi connectivity index (χ0v) is 19.9. The van der Waals surface area contributed by atoms with E-state index in [2.05, 4.69) is 6.58 Å². The normalized spacial score (nSPS) is 23.6. The van der Waals surface area contributed by atoms with Gasteiger partial charge in [-0.2, -0.15) is 0 Å². The molecule has 0 bridgehead atoms. The topological polar surface area (TPSA) is 66.8 Å². The molecule has 1 aliphatic heterocycles. The molecule has 35 heavy (non-hydrogen) atoms. The van der Waals surface area contributed by atoms with Crippen molar-refractivity contribution in [1.82, 2.24) is 0 Å². The van der Waals surface area contributed by atoms with E-state index in [1.807, 2.05) is 36.4 Å². The average Bonchev–Trinajstić information content (AvgIpc) is 3.11. The summed E-state index contributed by atoms with van der Waals surface area (Å²) in [5.41, 5.74) is 1.09. The molecule has 0 spiro atoms. The van der Waals surface area contributed by atoms with Gasteiger partial charge in [0.15, 0.2) is 0 Å². The van der Waals surface area contributed by atoms with Gasteiger partial charge in [-0.25, -0.2) is 4.90 Å². The Hall–Kier alpha value is -3.83. The van der Waals surface area contributed by atoms with E-state index in [9.17, 15) is 14.7 Å². The summed E-state index contributed by atoms with van der Waals surface area (Å²) in [4.78, 5) is 29.8. The highest BCUT2D eigenvalue weighted by molar-refractivity contribution is 6.32. The minimum atomic E-state index is -1.30. The highest BCUT2D eigenvalue weighted by Gasteiger charge is 2.66. The number of anilines is 1. The maximum atomic E-state index is 14.6. The summed E-state index contributed by atoms with van der Waals surface area (Å²) < 4.78 is 5.44. The third-order valence-corrected chi connectivity index (χ3v) is 7.34. The van der Waals surface area contributed by atoms with E-state index < -0.39 is 17.3 Å². The van der Waals surface area contributed by atoms with Crippen LogP contribution in [0.2, 0.25) is 5.02 Å². The summed E-state index contributed by atoms with van der Waals surface area (Å²) in [5.74, 6) is -1.46. The standard InChI is InChI=1S/C29H24ClNO4/c1-3-18-12-14-24-27(33)31(21-11-7-10-20(30)16-21)28(34)29(24,19-8-5-4-6-9-19)26(18)23-17-22(35-2)13-15-25(23)32/h3-13,15-17,24,26,32H,1,14H2,2H3. The molecule has 5 rings (SSSR count). The number of benzene rings is 3. The Bertz CT molecular complexity index is 1370. The second kappa shape index (κ2) is 8.75. The fraction of sp³-hybridized carbons (Fsp3) is 0.172. The third-order valence-electron chi connectivity index (χ3n) is 7.10. The monoisotopic (exact) mass is 485 g/mol. The Balaban J connectivity index is 1.83. The molecule has 0 saturated carbocycles. The molecule has 3 aromatic carbocycles. The molecule has 5 nitrogen and oxygen atoms in total. The zero-order chi connectivity index (χ0) is 24.7. The first-order valence-electron chi connectivity index (χ1n) is 11.3. The highest BCUT2D eigenvalue weighted by Crippen LogP contribution is 2.59. The van der Waals surface area contributed by atoms with Gasteiger partial charge in [-0.3, -0.25) is 9.59 Å². The predicted octanol–water partition coefficient (Wildman–Crippen LogP) is 5.78. The smallest absolute Gasteiger partial charge is 0.246 e. The quantitative estimate of drug-likeness (QED) is 0.465. The Kier molecular flexibility index (Phi) is 5.73. The molecule has 0 aromatic heterocycles. The van der Waals surface area contributed by atoms with Crippen molar-refractivity contribution in [3.63, 3.8) is 0 Å². The van der Waals surface area contributed by atoms with Crippen molar-refractivity contribution in [2.24, 2.45) is 5.92 Å². The predicted molar refractivity (Wildman–Crippen MR) is 136 cm³/mol. The molecule has 3 aromatic rings. The number of imide groups is 1. The number of fused-ring (bicyclic) bond motifs is 1. The van der Waals surface area contributed by atoms with Gasteiger partial charge in [0.2, 0.25) is 11.8 Å². The molecule has 2 aliphatic rings. The van der Waals surface area contributed by atoms with E-state index in [4.69, 9.17) is 16.3 Å². The second-order valence-corrected chi connectivity index (χ2v) is 9.18. The molecule has 1 fully saturated rings. The number of phenols is 1. The lowest BCUT2D eigenvalue weighted by atomic mass is 9.56. The van der Waals surface area contributed by atoms with Crippen molar-refractivity contribution in [1.29, 1.82) is 0 Å².